The number of hydrogen-bond donors (Lipinski definition) is 1. The van der Waals surface area contributed by atoms with Gasteiger partial charge in [0.05, 0.1) is 6.04 Å². The van der Waals surface area contributed by atoms with Gasteiger partial charge in [0.1, 0.15) is 17.2 Å². The van der Waals surface area contributed by atoms with Gasteiger partial charge in [0.15, 0.2) is 0 Å². The Labute approximate surface area is 191 Å². The second-order valence-corrected chi connectivity index (χ2v) is 7.35. The zero-order valence-corrected chi connectivity index (χ0v) is 19.2. The molecule has 1 aliphatic carbocycles. The van der Waals surface area contributed by atoms with Crippen LogP contribution in [-0.2, 0) is 7.05 Å². The third-order valence-corrected chi connectivity index (χ3v) is 5.24. The fourth-order valence-corrected chi connectivity index (χ4v) is 3.63. The van der Waals surface area contributed by atoms with E-state index in [0.29, 0.717) is 11.4 Å². The molecule has 1 heterocycles. The van der Waals surface area contributed by atoms with Crippen molar-refractivity contribution in [3.63, 3.8) is 0 Å². The molecular weight excluding hydrogens is 394 g/mol. The summed E-state index contributed by atoms with van der Waals surface area (Å²) >= 11 is 0. The van der Waals surface area contributed by atoms with Gasteiger partial charge in [0.2, 0.25) is 0 Å². The summed E-state index contributed by atoms with van der Waals surface area (Å²) in [5.74, 6) is 0.634. The maximum Gasteiger partial charge on any atom is 0.270 e. The van der Waals surface area contributed by atoms with E-state index in [0.717, 1.165) is 28.9 Å². The lowest BCUT2D eigenvalue weighted by atomic mass is 10.1. The molecule has 1 aromatic heterocycles. The van der Waals surface area contributed by atoms with Crippen LogP contribution in [0.1, 0.15) is 55.1 Å². The number of nitrogens with zero attached hydrogens (tertiary/aromatic N) is 2. The van der Waals surface area contributed by atoms with E-state index in [9.17, 15) is 4.79 Å². The van der Waals surface area contributed by atoms with Gasteiger partial charge in [-0.15, -0.1) is 0 Å². The number of allylic oxidation sites excluding steroid dienone is 6. The van der Waals surface area contributed by atoms with E-state index in [2.05, 4.69) is 23.5 Å². The molecule has 1 N–H and O–H groups in total. The van der Waals surface area contributed by atoms with Crippen LogP contribution in [0.25, 0.3) is 16.8 Å². The molecule has 0 radical (unpaired) electrons. The minimum Gasteiger partial charge on any atom is -0.344 e. The van der Waals surface area contributed by atoms with Crippen molar-refractivity contribution in [2.75, 3.05) is 0 Å². The van der Waals surface area contributed by atoms with Crippen LogP contribution < -0.4 is 5.32 Å². The summed E-state index contributed by atoms with van der Waals surface area (Å²) < 4.78 is 1.89. The van der Waals surface area contributed by atoms with Gasteiger partial charge in [-0.2, -0.15) is 0 Å². The Balaban J connectivity index is 0.00000141. The highest BCUT2D eigenvalue weighted by molar-refractivity contribution is 5.99. The first kappa shape index (κ1) is 23.0. The van der Waals surface area contributed by atoms with E-state index in [1.165, 1.54) is 0 Å². The quantitative estimate of drug-likeness (QED) is 0.507. The normalized spacial score (nSPS) is 13.4. The Morgan fingerprint density at radius 3 is 2.34 bits per heavy atom. The molecule has 4 rings (SSSR count). The molecule has 0 spiro atoms. The van der Waals surface area contributed by atoms with E-state index < -0.39 is 0 Å². The van der Waals surface area contributed by atoms with Crippen LogP contribution in [0.15, 0.2) is 91.0 Å². The van der Waals surface area contributed by atoms with Crippen LogP contribution in [-0.4, -0.2) is 15.5 Å². The first-order valence-corrected chi connectivity index (χ1v) is 11.2. The first-order valence-electron chi connectivity index (χ1n) is 11.2. The molecule has 164 valence electrons. The fraction of sp³-hybridized carbons (Fsp3) is 0.214. The summed E-state index contributed by atoms with van der Waals surface area (Å²) in [6.45, 7) is 5.99. The van der Waals surface area contributed by atoms with Crippen LogP contribution >= 0.6 is 0 Å². The van der Waals surface area contributed by atoms with Gasteiger partial charge >= 0.3 is 0 Å². The van der Waals surface area contributed by atoms with E-state index in [4.69, 9.17) is 4.98 Å². The van der Waals surface area contributed by atoms with Crippen LogP contribution in [0, 0.1) is 0 Å². The van der Waals surface area contributed by atoms with Crippen molar-refractivity contribution in [3.05, 3.63) is 108 Å². The highest BCUT2D eigenvalue weighted by Crippen LogP contribution is 2.28. The molecule has 4 heteroatoms. The Bertz CT molecular complexity index is 1120. The molecule has 0 saturated heterocycles. The van der Waals surface area contributed by atoms with E-state index >= 15 is 0 Å². The maximum absolute atomic E-state index is 13.4. The lowest BCUT2D eigenvalue weighted by Crippen LogP contribution is -2.29. The summed E-state index contributed by atoms with van der Waals surface area (Å²) in [5.41, 5.74) is 4.22. The number of imidazole rings is 1. The molecule has 0 fully saturated rings. The van der Waals surface area contributed by atoms with Crippen molar-refractivity contribution < 1.29 is 4.79 Å². The summed E-state index contributed by atoms with van der Waals surface area (Å²) in [5, 5.41) is 3.14. The van der Waals surface area contributed by atoms with Crippen molar-refractivity contribution in [1.82, 2.24) is 14.9 Å². The Hall–Kier alpha value is -3.66. The smallest absolute Gasteiger partial charge is 0.270 e. The van der Waals surface area contributed by atoms with Gasteiger partial charge in [-0.3, -0.25) is 4.79 Å². The van der Waals surface area contributed by atoms with Crippen LogP contribution in [0.3, 0.4) is 0 Å². The largest absolute Gasteiger partial charge is 0.344 e. The minimum absolute atomic E-state index is 0.111. The lowest BCUT2D eigenvalue weighted by molar-refractivity contribution is 0.0932. The monoisotopic (exact) mass is 425 g/mol. The predicted octanol–water partition coefficient (Wildman–Crippen LogP) is 6.50. The molecule has 1 amide bonds. The molecule has 1 atom stereocenters. The van der Waals surface area contributed by atoms with Crippen LogP contribution in [0.4, 0.5) is 0 Å². The topological polar surface area (TPSA) is 46.9 Å². The number of amides is 1. The molecule has 3 aromatic rings. The first-order chi connectivity index (χ1) is 15.6. The Morgan fingerprint density at radius 2 is 1.66 bits per heavy atom. The molecule has 0 saturated carbocycles. The second kappa shape index (κ2) is 11.1. The Kier molecular flexibility index (Phi) is 7.98. The third kappa shape index (κ3) is 5.14. The summed E-state index contributed by atoms with van der Waals surface area (Å²) in [6, 6.07) is 19.7. The SMILES string of the molecule is CC.C[C@H](NC(=O)c1c(-c2ccccc2)nc(C2=CC=CCC=C2)n1C)c1ccccc1. The van der Waals surface area contributed by atoms with Crippen LogP contribution in [0.2, 0.25) is 0 Å². The fourth-order valence-electron chi connectivity index (χ4n) is 3.63. The molecule has 32 heavy (non-hydrogen) atoms. The van der Waals surface area contributed by atoms with Gasteiger partial charge in [-0.05, 0) is 18.9 Å². The number of rotatable bonds is 5. The number of hydrogen-bond acceptors (Lipinski definition) is 2. The number of benzene rings is 2. The average Bonchev–Trinajstić information content (AvgIpc) is 3.00. The molecule has 0 bridgehead atoms. The number of nitrogens with one attached hydrogen (secondary N) is 1. The number of carbonyl (C=O) groups excluding carboxylic acids is 1. The van der Waals surface area contributed by atoms with Crippen molar-refractivity contribution >= 4 is 11.5 Å². The van der Waals surface area contributed by atoms with Crippen LogP contribution in [0.5, 0.6) is 0 Å². The lowest BCUT2D eigenvalue weighted by Gasteiger charge is -2.15. The summed E-state index contributed by atoms with van der Waals surface area (Å²) in [4.78, 5) is 18.3. The second-order valence-electron chi connectivity index (χ2n) is 7.35. The summed E-state index contributed by atoms with van der Waals surface area (Å²) in [6.07, 6.45) is 11.2. The number of aromatic nitrogens is 2. The van der Waals surface area contributed by atoms with Crippen molar-refractivity contribution in [2.24, 2.45) is 7.05 Å². The predicted molar refractivity (Wildman–Crippen MR) is 133 cm³/mol. The van der Waals surface area contributed by atoms with Gasteiger partial charge in [-0.25, -0.2) is 4.98 Å². The molecule has 1 aliphatic rings. The highest BCUT2D eigenvalue weighted by Gasteiger charge is 2.24. The summed E-state index contributed by atoms with van der Waals surface area (Å²) in [7, 11) is 1.90. The van der Waals surface area contributed by atoms with Crippen molar-refractivity contribution in [1.29, 1.82) is 0 Å². The standard InChI is InChI=1S/C26H25N3O.C2H6/c1-19(20-13-9-5-10-14-20)27-26(30)24-23(21-15-11-6-12-16-21)28-25(29(24)2)22-17-7-3-4-8-18-22;1-2/h3,5-19H,4H2,1-2H3,(H,27,30);1-2H3/t19-;/m0./s1. The molecule has 4 nitrogen and oxygen atoms in total. The van der Waals surface area contributed by atoms with Crippen molar-refractivity contribution in [3.8, 4) is 11.3 Å². The minimum atomic E-state index is -0.139. The Morgan fingerprint density at radius 1 is 1.00 bits per heavy atom. The highest BCUT2D eigenvalue weighted by atomic mass is 16.2. The zero-order chi connectivity index (χ0) is 22.9. The van der Waals surface area contributed by atoms with E-state index in [1.807, 2.05) is 105 Å². The van der Waals surface area contributed by atoms with Gasteiger partial charge in [0.25, 0.3) is 5.91 Å². The van der Waals surface area contributed by atoms with Gasteiger partial charge in [0, 0.05) is 18.2 Å². The third-order valence-electron chi connectivity index (χ3n) is 5.24. The molecule has 0 unspecified atom stereocenters. The molecule has 2 aromatic carbocycles. The van der Waals surface area contributed by atoms with Crippen molar-refractivity contribution in [2.45, 2.75) is 33.2 Å². The zero-order valence-electron chi connectivity index (χ0n) is 19.2. The maximum atomic E-state index is 13.4. The van der Waals surface area contributed by atoms with E-state index in [-0.39, 0.29) is 11.9 Å². The average molecular weight is 426 g/mol. The van der Waals surface area contributed by atoms with Gasteiger partial charge in [-0.1, -0.05) is 105 Å². The number of carbonyl (C=O) groups is 1. The molecular formula is C28H31N3O. The van der Waals surface area contributed by atoms with Gasteiger partial charge < -0.3 is 9.88 Å². The molecule has 0 aliphatic heterocycles. The van der Waals surface area contributed by atoms with E-state index in [1.54, 1.807) is 0 Å².